The van der Waals surface area contributed by atoms with Crippen LogP contribution in [0.1, 0.15) is 99.8 Å². The van der Waals surface area contributed by atoms with Crippen molar-refractivity contribution in [2.24, 2.45) is 50.2 Å². The van der Waals surface area contributed by atoms with Gasteiger partial charge in [0, 0.05) is 5.41 Å². The Bertz CT molecular complexity index is 2370. The molecule has 482 valence electrons. The summed E-state index contributed by atoms with van der Waals surface area (Å²) < 4.78 is 59.7. The van der Waals surface area contributed by atoms with Gasteiger partial charge in [0.05, 0.1) is 64.1 Å². The number of hydrogen-bond acceptors (Lipinski definition) is 27. The number of hydrogen-bond donors (Lipinski definition) is 16. The summed E-state index contributed by atoms with van der Waals surface area (Å²) in [6, 6.07) is 0. The van der Waals surface area contributed by atoms with Crippen molar-refractivity contribution in [2.75, 3.05) is 39.6 Å². The minimum Gasteiger partial charge on any atom is -0.432 e. The Kier molecular flexibility index (Phi) is 18.2. The fourth-order valence-electron chi connectivity index (χ4n) is 17.4. The van der Waals surface area contributed by atoms with E-state index in [-0.39, 0.29) is 36.5 Å². The molecule has 84 heavy (non-hydrogen) atoms. The van der Waals surface area contributed by atoms with Crippen molar-refractivity contribution >= 4 is 5.97 Å². The molecule has 32 atom stereocenters. The maximum absolute atomic E-state index is 15.6. The Morgan fingerprint density at radius 2 is 1.24 bits per heavy atom. The SMILES string of the molecule is C[C@@H]1O[C@@H](O[C@H]2[C@H](OC(=O)[C@]34CCC(C)(C)C[C@H]3C3=CC[C@@H]5[C@@]6(C)C[C@H](O)[C@H](O[C@@H]7O[C@H](CO)[C@@H](O)[C@H](O)[C@H]7O)[C@@](C)(CO)[C@@H]6CC[C@@]5(C)[C@]3(C)C[C@H]4O)OC[C@H](O)[C@@H]2O)[C@H](O)[C@H](O[C@@H]2OC[C@](O)(CO)[C@H]2O)[C@H]1O[C@@H]1OC[C@@H](O)[C@H](O)[C@H]1O. The van der Waals surface area contributed by atoms with Crippen LogP contribution in [0.5, 0.6) is 0 Å². The number of rotatable bonds is 13. The van der Waals surface area contributed by atoms with Gasteiger partial charge in [-0.1, -0.05) is 53.2 Å². The molecule has 5 saturated heterocycles. The van der Waals surface area contributed by atoms with Crippen LogP contribution in [0.4, 0.5) is 0 Å². The van der Waals surface area contributed by atoms with Crippen LogP contribution in [-0.4, -0.2) is 274 Å². The fourth-order valence-corrected chi connectivity index (χ4v) is 17.4. The number of carbonyl (C=O) groups excluding carboxylic acids is 1. The third kappa shape index (κ3) is 10.4. The Labute approximate surface area is 486 Å². The van der Waals surface area contributed by atoms with Crippen LogP contribution in [0, 0.1) is 50.2 Å². The Balaban J connectivity index is 0.913. The quantitative estimate of drug-likeness (QED) is 0.0471. The van der Waals surface area contributed by atoms with Gasteiger partial charge in [0.15, 0.2) is 31.3 Å². The highest BCUT2D eigenvalue weighted by atomic mass is 16.8. The summed E-state index contributed by atoms with van der Waals surface area (Å²) in [4.78, 5) is 15.6. The van der Waals surface area contributed by atoms with E-state index < -0.39 is 226 Å². The van der Waals surface area contributed by atoms with Gasteiger partial charge in [0.1, 0.15) is 90.4 Å². The number of esters is 1. The van der Waals surface area contributed by atoms with E-state index in [4.69, 9.17) is 47.4 Å². The van der Waals surface area contributed by atoms with Crippen molar-refractivity contribution < 1.29 is 134 Å². The molecule has 0 aromatic heterocycles. The molecule has 10 aliphatic rings. The predicted octanol–water partition coefficient (Wildman–Crippen LogP) is -4.35. The van der Waals surface area contributed by atoms with Crippen LogP contribution in [0.25, 0.3) is 0 Å². The van der Waals surface area contributed by atoms with Gasteiger partial charge in [-0.25, -0.2) is 0 Å². The average Bonchev–Trinajstić information content (AvgIpc) is 0.782. The smallest absolute Gasteiger partial charge is 0.317 e. The maximum Gasteiger partial charge on any atom is 0.317 e. The second kappa shape index (κ2) is 23.5. The standard InChI is InChI=1S/C57H92O27/c1-23-40(80-45-37(69)33(65)27(62)18-75-45)41(81-49-43(72)56(74,21-60)22-77-49)39(71)47(78-23)82-42-34(66)28(63)19-76-48(42)84-50(73)57-13-12-51(2,3)14-25(57)24-8-9-31-52(4)15-26(61)44(83-46-38(70)36(68)35(67)29(17-58)79-46)53(5,20-59)30(52)10-11-54(31,6)55(24,7)16-32(57)64/h8,23,25-49,58-72,74H,9-22H2,1-7H3/t23-,25-,26-,27+,28-,29+,30+,31+,32+,33-,34-,35+,36-,37+,38+,39+,40-,41-,42+,43-,44-,45-,46-,47-,48-,49-,52-,53-,54+,55+,56+,57+/m0/s1. The van der Waals surface area contributed by atoms with Crippen molar-refractivity contribution in [3.63, 3.8) is 0 Å². The van der Waals surface area contributed by atoms with E-state index in [1.807, 2.05) is 6.92 Å². The summed E-state index contributed by atoms with van der Waals surface area (Å²) in [6.45, 7) is 10.2. The fraction of sp³-hybridized carbons (Fsp3) is 0.947. The van der Waals surface area contributed by atoms with Gasteiger partial charge in [-0.3, -0.25) is 4.79 Å². The second-order valence-electron chi connectivity index (χ2n) is 28.0. The van der Waals surface area contributed by atoms with E-state index in [9.17, 15) is 81.7 Å². The van der Waals surface area contributed by atoms with Crippen LogP contribution in [-0.2, 0) is 52.2 Å². The van der Waals surface area contributed by atoms with Crippen molar-refractivity contribution in [3.05, 3.63) is 11.6 Å². The monoisotopic (exact) mass is 1210 g/mol. The first-order chi connectivity index (χ1) is 39.3. The molecule has 5 aliphatic carbocycles. The molecule has 0 aromatic rings. The molecular formula is C57H92O27. The van der Waals surface area contributed by atoms with Crippen LogP contribution in [0.3, 0.4) is 0 Å². The van der Waals surface area contributed by atoms with Gasteiger partial charge in [0.25, 0.3) is 0 Å². The zero-order valence-electron chi connectivity index (χ0n) is 48.6. The van der Waals surface area contributed by atoms with E-state index in [0.29, 0.717) is 32.1 Å². The predicted molar refractivity (Wildman–Crippen MR) is 280 cm³/mol. The molecule has 5 aliphatic heterocycles. The Morgan fingerprint density at radius 1 is 0.607 bits per heavy atom. The molecule has 16 N–H and O–H groups in total. The van der Waals surface area contributed by atoms with Crippen LogP contribution < -0.4 is 0 Å². The lowest BCUT2D eigenvalue weighted by atomic mass is 9.33. The molecule has 4 saturated carbocycles. The highest BCUT2D eigenvalue weighted by molar-refractivity contribution is 5.80. The summed E-state index contributed by atoms with van der Waals surface area (Å²) >= 11 is 0. The first-order valence-electron chi connectivity index (χ1n) is 29.7. The topological polar surface area (TPSA) is 433 Å². The van der Waals surface area contributed by atoms with Gasteiger partial charge < -0.3 is 129 Å². The second-order valence-corrected chi connectivity index (χ2v) is 28.0. The lowest BCUT2D eigenvalue weighted by molar-refractivity contribution is -0.381. The highest BCUT2D eigenvalue weighted by Crippen LogP contribution is 2.76. The average molecular weight is 1210 g/mol. The third-order valence-electron chi connectivity index (χ3n) is 22.6. The van der Waals surface area contributed by atoms with Crippen molar-refractivity contribution in [2.45, 2.75) is 247 Å². The molecule has 0 unspecified atom stereocenters. The summed E-state index contributed by atoms with van der Waals surface area (Å²) in [5.74, 6) is -1.90. The number of ether oxygens (including phenoxy) is 10. The highest BCUT2D eigenvalue weighted by Gasteiger charge is 2.73. The summed E-state index contributed by atoms with van der Waals surface area (Å²) in [5, 5.41) is 176. The lowest BCUT2D eigenvalue weighted by Gasteiger charge is -2.72. The molecule has 9 fully saturated rings. The van der Waals surface area contributed by atoms with Crippen molar-refractivity contribution in [3.8, 4) is 0 Å². The molecular weight excluding hydrogens is 1120 g/mol. The van der Waals surface area contributed by atoms with Crippen molar-refractivity contribution in [1.29, 1.82) is 0 Å². The van der Waals surface area contributed by atoms with Gasteiger partial charge >= 0.3 is 5.97 Å². The lowest BCUT2D eigenvalue weighted by Crippen LogP contribution is -2.70. The molecule has 5 heterocycles. The van der Waals surface area contributed by atoms with Crippen LogP contribution >= 0.6 is 0 Å². The molecule has 10 rings (SSSR count). The number of carbonyl (C=O) groups is 1. The van der Waals surface area contributed by atoms with E-state index >= 15 is 4.79 Å². The van der Waals surface area contributed by atoms with E-state index in [2.05, 4.69) is 40.7 Å². The summed E-state index contributed by atoms with van der Waals surface area (Å²) in [7, 11) is 0. The largest absolute Gasteiger partial charge is 0.432 e. The first kappa shape index (κ1) is 65.2. The molecule has 27 heteroatoms. The van der Waals surface area contributed by atoms with Crippen molar-refractivity contribution in [1.82, 2.24) is 0 Å². The van der Waals surface area contributed by atoms with E-state index in [1.165, 1.54) is 6.92 Å². The summed E-state index contributed by atoms with van der Waals surface area (Å²) in [6.07, 6.45) is -31.9. The van der Waals surface area contributed by atoms with E-state index in [1.54, 1.807) is 0 Å². The molecule has 27 nitrogen and oxygen atoms in total. The Hall–Kier alpha value is -1.79. The first-order valence-corrected chi connectivity index (χ1v) is 29.7. The van der Waals surface area contributed by atoms with Crippen LogP contribution in [0.2, 0.25) is 0 Å². The maximum atomic E-state index is 15.6. The molecule has 0 bridgehead atoms. The molecule has 0 spiro atoms. The number of fused-ring (bicyclic) bond motifs is 7. The Morgan fingerprint density at radius 3 is 1.89 bits per heavy atom. The van der Waals surface area contributed by atoms with Gasteiger partial charge in [0.2, 0.25) is 6.29 Å². The number of aliphatic hydroxyl groups is 16. The third-order valence-corrected chi connectivity index (χ3v) is 22.6. The number of aliphatic hydroxyl groups excluding tert-OH is 15. The molecule has 0 amide bonds. The minimum absolute atomic E-state index is 0.107. The minimum atomic E-state index is -2.18. The van der Waals surface area contributed by atoms with Gasteiger partial charge in [-0.05, 0) is 97.7 Å². The summed E-state index contributed by atoms with van der Waals surface area (Å²) in [5.41, 5.74) is -6.27. The normalized spacial score (nSPS) is 55.6. The number of allylic oxidation sites excluding steroid dienone is 2. The van der Waals surface area contributed by atoms with E-state index in [0.717, 1.165) is 5.57 Å². The molecule has 0 aromatic carbocycles. The zero-order valence-corrected chi connectivity index (χ0v) is 48.6. The van der Waals surface area contributed by atoms with Crippen LogP contribution in [0.15, 0.2) is 11.6 Å². The zero-order chi connectivity index (χ0) is 61.3. The van der Waals surface area contributed by atoms with Gasteiger partial charge in [-0.15, -0.1) is 0 Å². The van der Waals surface area contributed by atoms with Gasteiger partial charge in [-0.2, -0.15) is 0 Å². The molecule has 0 radical (unpaired) electrons.